The Balaban J connectivity index is 1.72. The van der Waals surface area contributed by atoms with Crippen molar-refractivity contribution in [3.8, 4) is 0 Å². The number of furan rings is 1. The summed E-state index contributed by atoms with van der Waals surface area (Å²) < 4.78 is 7.52. The molecule has 0 aliphatic carbocycles. The molecule has 0 radical (unpaired) electrons. The summed E-state index contributed by atoms with van der Waals surface area (Å²) in [5.41, 5.74) is -0.0715. The van der Waals surface area contributed by atoms with Gasteiger partial charge in [0.2, 0.25) is 5.91 Å². The van der Waals surface area contributed by atoms with Crippen LogP contribution in [-0.2, 0) is 17.8 Å². The predicted octanol–water partition coefficient (Wildman–Crippen LogP) is 3.39. The Labute approximate surface area is 148 Å². The predicted molar refractivity (Wildman–Crippen MR) is 96.3 cm³/mol. The van der Waals surface area contributed by atoms with Gasteiger partial charge in [-0.3, -0.25) is 9.59 Å². The second kappa shape index (κ2) is 7.72. The summed E-state index contributed by atoms with van der Waals surface area (Å²) in [5, 5.41) is 0. The fourth-order valence-electron chi connectivity index (χ4n) is 3.48. The van der Waals surface area contributed by atoms with Gasteiger partial charge in [0, 0.05) is 38.2 Å². The zero-order valence-corrected chi connectivity index (χ0v) is 15.0. The standard InChI is InChI=1S/C20H26N2O3/c1-3-16-7-8-18(25-16)17-14-15(2)9-13-22(17)20(24)10-12-21-11-5-4-6-19(21)23/h4-8,11,15,17H,3,9-10,12-14H2,1-2H3/t15-,17+/m0/s1. The van der Waals surface area contributed by atoms with E-state index in [2.05, 4.69) is 13.8 Å². The van der Waals surface area contributed by atoms with Gasteiger partial charge in [0.1, 0.15) is 11.5 Å². The number of hydrogen-bond acceptors (Lipinski definition) is 3. The minimum absolute atomic E-state index is 0.00375. The monoisotopic (exact) mass is 342 g/mol. The smallest absolute Gasteiger partial charge is 0.250 e. The van der Waals surface area contributed by atoms with Crippen LogP contribution in [0.1, 0.15) is 50.7 Å². The lowest BCUT2D eigenvalue weighted by Crippen LogP contribution is -2.41. The van der Waals surface area contributed by atoms with Crippen LogP contribution in [0.5, 0.6) is 0 Å². The van der Waals surface area contributed by atoms with E-state index in [0.717, 1.165) is 37.3 Å². The Morgan fingerprint density at radius 1 is 1.28 bits per heavy atom. The van der Waals surface area contributed by atoms with Gasteiger partial charge in [-0.2, -0.15) is 0 Å². The van der Waals surface area contributed by atoms with Crippen molar-refractivity contribution in [3.63, 3.8) is 0 Å². The summed E-state index contributed by atoms with van der Waals surface area (Å²) in [6.07, 6.45) is 4.84. The molecule has 2 aromatic heterocycles. The molecule has 0 spiro atoms. The molecule has 1 aliphatic heterocycles. The van der Waals surface area contributed by atoms with Crippen molar-refractivity contribution in [2.24, 2.45) is 5.92 Å². The van der Waals surface area contributed by atoms with Crippen molar-refractivity contribution >= 4 is 5.91 Å². The summed E-state index contributed by atoms with van der Waals surface area (Å²) in [4.78, 5) is 26.6. The van der Waals surface area contributed by atoms with Gasteiger partial charge in [-0.25, -0.2) is 0 Å². The number of hydrogen-bond donors (Lipinski definition) is 0. The zero-order chi connectivity index (χ0) is 17.8. The first-order valence-electron chi connectivity index (χ1n) is 9.12. The van der Waals surface area contributed by atoms with E-state index >= 15 is 0 Å². The van der Waals surface area contributed by atoms with E-state index in [9.17, 15) is 9.59 Å². The van der Waals surface area contributed by atoms with E-state index in [-0.39, 0.29) is 17.5 Å². The number of rotatable bonds is 5. The molecule has 5 heteroatoms. The van der Waals surface area contributed by atoms with E-state index in [0.29, 0.717) is 18.9 Å². The maximum Gasteiger partial charge on any atom is 0.250 e. The van der Waals surface area contributed by atoms with Gasteiger partial charge in [0.15, 0.2) is 0 Å². The second-order valence-electron chi connectivity index (χ2n) is 6.87. The number of carbonyl (C=O) groups excluding carboxylic acids is 1. The highest BCUT2D eigenvalue weighted by atomic mass is 16.3. The number of piperidine rings is 1. The van der Waals surface area contributed by atoms with E-state index in [1.165, 1.54) is 6.07 Å². The molecule has 3 rings (SSSR count). The fourth-order valence-corrected chi connectivity index (χ4v) is 3.48. The average Bonchev–Trinajstić information content (AvgIpc) is 3.10. The van der Waals surface area contributed by atoms with Crippen molar-refractivity contribution in [2.45, 2.75) is 52.1 Å². The molecule has 3 heterocycles. The zero-order valence-electron chi connectivity index (χ0n) is 15.0. The lowest BCUT2D eigenvalue weighted by atomic mass is 9.91. The first-order chi connectivity index (χ1) is 12.1. The molecule has 0 bridgehead atoms. The summed E-state index contributed by atoms with van der Waals surface area (Å²) in [6, 6.07) is 9.05. The Morgan fingerprint density at radius 2 is 2.12 bits per heavy atom. The molecule has 1 fully saturated rings. The number of pyridine rings is 1. The lowest BCUT2D eigenvalue weighted by molar-refractivity contribution is -0.136. The molecule has 2 aromatic rings. The third-order valence-corrected chi connectivity index (χ3v) is 5.01. The number of likely N-dealkylation sites (tertiary alicyclic amines) is 1. The van der Waals surface area contributed by atoms with Crippen LogP contribution in [0.2, 0.25) is 0 Å². The average molecular weight is 342 g/mol. The highest BCUT2D eigenvalue weighted by molar-refractivity contribution is 5.76. The molecule has 25 heavy (non-hydrogen) atoms. The molecule has 0 unspecified atom stereocenters. The molecule has 0 saturated carbocycles. The molecule has 2 atom stereocenters. The summed E-state index contributed by atoms with van der Waals surface area (Å²) in [6.45, 7) is 5.45. The van der Waals surface area contributed by atoms with Crippen LogP contribution >= 0.6 is 0 Å². The van der Waals surface area contributed by atoms with Crippen molar-refractivity contribution in [2.75, 3.05) is 6.54 Å². The molecule has 1 aliphatic rings. The normalized spacial score (nSPS) is 20.6. The highest BCUT2D eigenvalue weighted by Gasteiger charge is 2.32. The second-order valence-corrected chi connectivity index (χ2v) is 6.87. The molecule has 0 aromatic carbocycles. The largest absolute Gasteiger partial charge is 0.464 e. The van der Waals surface area contributed by atoms with E-state index < -0.39 is 0 Å². The van der Waals surface area contributed by atoms with Crippen molar-refractivity contribution < 1.29 is 9.21 Å². The maximum absolute atomic E-state index is 12.8. The number of aromatic nitrogens is 1. The topological polar surface area (TPSA) is 55.5 Å². The van der Waals surface area contributed by atoms with Crippen LogP contribution in [0.4, 0.5) is 0 Å². The SMILES string of the molecule is CCc1ccc([C@H]2C[C@@H](C)CCN2C(=O)CCn2ccccc2=O)o1. The molecular weight excluding hydrogens is 316 g/mol. The molecular formula is C20H26N2O3. The van der Waals surface area contributed by atoms with Gasteiger partial charge in [0.25, 0.3) is 5.56 Å². The van der Waals surface area contributed by atoms with Crippen LogP contribution in [0, 0.1) is 5.92 Å². The summed E-state index contributed by atoms with van der Waals surface area (Å²) >= 11 is 0. The van der Waals surface area contributed by atoms with Gasteiger partial charge in [-0.05, 0) is 37.0 Å². The van der Waals surface area contributed by atoms with Crippen LogP contribution in [0.15, 0.2) is 45.7 Å². The number of amides is 1. The number of aryl methyl sites for hydroxylation is 2. The van der Waals surface area contributed by atoms with Crippen LogP contribution in [0.25, 0.3) is 0 Å². The number of nitrogens with zero attached hydrogens (tertiary/aromatic N) is 2. The summed E-state index contributed by atoms with van der Waals surface area (Å²) in [5.74, 6) is 2.49. The maximum atomic E-state index is 12.8. The Kier molecular flexibility index (Phi) is 5.41. The highest BCUT2D eigenvalue weighted by Crippen LogP contribution is 2.35. The quantitative estimate of drug-likeness (QED) is 0.837. The Bertz CT molecular complexity index is 777. The minimum atomic E-state index is -0.0715. The van der Waals surface area contributed by atoms with E-state index in [1.54, 1.807) is 16.8 Å². The first-order valence-corrected chi connectivity index (χ1v) is 9.12. The van der Waals surface area contributed by atoms with Crippen LogP contribution < -0.4 is 5.56 Å². The van der Waals surface area contributed by atoms with Crippen molar-refractivity contribution in [1.29, 1.82) is 0 Å². The van der Waals surface area contributed by atoms with Gasteiger partial charge in [0.05, 0.1) is 6.04 Å². The molecule has 5 nitrogen and oxygen atoms in total. The molecule has 134 valence electrons. The van der Waals surface area contributed by atoms with Gasteiger partial charge >= 0.3 is 0 Å². The van der Waals surface area contributed by atoms with Gasteiger partial charge in [-0.15, -0.1) is 0 Å². The number of carbonyl (C=O) groups is 1. The van der Waals surface area contributed by atoms with E-state index in [1.807, 2.05) is 23.1 Å². The van der Waals surface area contributed by atoms with Crippen molar-refractivity contribution in [3.05, 3.63) is 58.4 Å². The molecule has 1 amide bonds. The molecule has 0 N–H and O–H groups in total. The third-order valence-electron chi connectivity index (χ3n) is 5.01. The molecule has 1 saturated heterocycles. The van der Waals surface area contributed by atoms with Crippen LogP contribution in [-0.4, -0.2) is 21.9 Å². The summed E-state index contributed by atoms with van der Waals surface area (Å²) in [7, 11) is 0. The van der Waals surface area contributed by atoms with Gasteiger partial charge < -0.3 is 13.9 Å². The van der Waals surface area contributed by atoms with Crippen LogP contribution in [0.3, 0.4) is 0 Å². The van der Waals surface area contributed by atoms with Crippen molar-refractivity contribution in [1.82, 2.24) is 9.47 Å². The third kappa shape index (κ3) is 4.03. The van der Waals surface area contributed by atoms with Gasteiger partial charge in [-0.1, -0.05) is 19.9 Å². The Morgan fingerprint density at radius 3 is 2.84 bits per heavy atom. The lowest BCUT2D eigenvalue weighted by Gasteiger charge is -2.37. The minimum Gasteiger partial charge on any atom is -0.464 e. The Hall–Kier alpha value is -2.30. The first kappa shape index (κ1) is 17.5. The van der Waals surface area contributed by atoms with E-state index in [4.69, 9.17) is 4.42 Å². The fraction of sp³-hybridized carbons (Fsp3) is 0.500.